The van der Waals surface area contributed by atoms with Gasteiger partial charge in [-0.15, -0.1) is 0 Å². The Balaban J connectivity index is 4.88. The van der Waals surface area contributed by atoms with Crippen molar-refractivity contribution in [3.63, 3.8) is 0 Å². The molecule has 0 N–H and O–H groups in total. The Morgan fingerprint density at radius 1 is 1.18 bits per heavy atom. The lowest BCUT2D eigenvalue weighted by Crippen LogP contribution is -2.51. The second-order valence-electron chi connectivity index (χ2n) is 3.54. The highest BCUT2D eigenvalue weighted by molar-refractivity contribution is 8.14. The molecule has 1 atom stereocenters. The molecular formula is C8H12ClF5O2S. The van der Waals surface area contributed by atoms with E-state index in [0.717, 1.165) is 0 Å². The maximum atomic E-state index is 13.0. The van der Waals surface area contributed by atoms with Crippen molar-refractivity contribution < 1.29 is 30.4 Å². The molecule has 0 fully saturated rings. The number of hydrogen-bond donors (Lipinski definition) is 0. The maximum Gasteiger partial charge on any atom is 0.424 e. The zero-order chi connectivity index (χ0) is 13.9. The van der Waals surface area contributed by atoms with Gasteiger partial charge in [-0.2, -0.15) is 17.6 Å². The molecule has 0 aromatic carbocycles. The third kappa shape index (κ3) is 3.67. The van der Waals surface area contributed by atoms with Gasteiger partial charge >= 0.3 is 20.2 Å². The van der Waals surface area contributed by atoms with Crippen LogP contribution in [-0.2, 0) is 9.05 Å². The van der Waals surface area contributed by atoms with E-state index in [-0.39, 0.29) is 6.42 Å². The van der Waals surface area contributed by atoms with Crippen LogP contribution in [0.25, 0.3) is 0 Å². The summed E-state index contributed by atoms with van der Waals surface area (Å²) >= 11 is 0. The molecule has 0 aromatic rings. The lowest BCUT2D eigenvalue weighted by molar-refractivity contribution is -0.194. The first kappa shape index (κ1) is 16.9. The van der Waals surface area contributed by atoms with Crippen molar-refractivity contribution in [1.29, 1.82) is 0 Å². The topological polar surface area (TPSA) is 34.1 Å². The predicted octanol–water partition coefficient (Wildman–Crippen LogP) is 3.70. The fourth-order valence-electron chi connectivity index (χ4n) is 1.10. The van der Waals surface area contributed by atoms with Crippen molar-refractivity contribution >= 4 is 19.7 Å². The molecule has 0 spiro atoms. The Bertz CT molecular complexity index is 344. The highest BCUT2D eigenvalue weighted by Gasteiger charge is 2.69. The van der Waals surface area contributed by atoms with Gasteiger partial charge in [0.1, 0.15) is 0 Å². The van der Waals surface area contributed by atoms with E-state index in [4.69, 9.17) is 0 Å². The van der Waals surface area contributed by atoms with Crippen molar-refractivity contribution in [2.45, 2.75) is 50.0 Å². The van der Waals surface area contributed by atoms with Crippen molar-refractivity contribution in [2.24, 2.45) is 0 Å². The predicted molar refractivity (Wildman–Crippen MR) is 53.7 cm³/mol. The molecule has 2 nitrogen and oxygen atoms in total. The second-order valence-corrected chi connectivity index (χ2v) is 6.15. The quantitative estimate of drug-likeness (QED) is 0.408. The van der Waals surface area contributed by atoms with Crippen LogP contribution in [-0.4, -0.2) is 25.8 Å². The highest BCUT2D eigenvalue weighted by Crippen LogP contribution is 2.45. The van der Waals surface area contributed by atoms with E-state index in [9.17, 15) is 30.4 Å². The molecule has 1 unspecified atom stereocenters. The standard InChI is InChI=1S/C8H12ClF5O2S/c1-2-3-4-5-6(10)7(11,12)8(13,14)17(9,15)16/h6H,2-5H2,1H3. The lowest BCUT2D eigenvalue weighted by Gasteiger charge is -2.26. The van der Waals surface area contributed by atoms with Gasteiger partial charge in [0.25, 0.3) is 0 Å². The molecule has 0 aliphatic heterocycles. The van der Waals surface area contributed by atoms with E-state index in [1.54, 1.807) is 6.92 Å². The van der Waals surface area contributed by atoms with Gasteiger partial charge in [0.2, 0.25) is 0 Å². The summed E-state index contributed by atoms with van der Waals surface area (Å²) in [6, 6.07) is 0. The van der Waals surface area contributed by atoms with Crippen LogP contribution in [0.1, 0.15) is 32.6 Å². The van der Waals surface area contributed by atoms with Gasteiger partial charge < -0.3 is 0 Å². The van der Waals surface area contributed by atoms with Gasteiger partial charge in [0.05, 0.1) is 0 Å². The van der Waals surface area contributed by atoms with Crippen molar-refractivity contribution in [3.05, 3.63) is 0 Å². The molecule has 0 amide bonds. The zero-order valence-corrected chi connectivity index (χ0v) is 10.5. The van der Waals surface area contributed by atoms with Gasteiger partial charge in [-0.1, -0.05) is 26.2 Å². The molecule has 0 rings (SSSR count). The summed E-state index contributed by atoms with van der Waals surface area (Å²) < 4.78 is 85.0. The van der Waals surface area contributed by atoms with Crippen LogP contribution in [0.5, 0.6) is 0 Å². The number of rotatable bonds is 7. The second kappa shape index (κ2) is 5.69. The normalized spacial score (nSPS) is 15.9. The average molecular weight is 303 g/mol. The Hall–Kier alpha value is -0.110. The summed E-state index contributed by atoms with van der Waals surface area (Å²) in [6.07, 6.45) is -3.16. The van der Waals surface area contributed by atoms with E-state index in [0.29, 0.717) is 12.8 Å². The molecule has 17 heavy (non-hydrogen) atoms. The molecule has 0 saturated heterocycles. The average Bonchev–Trinajstić information content (AvgIpc) is 2.15. The minimum absolute atomic E-state index is 0.0360. The zero-order valence-electron chi connectivity index (χ0n) is 8.90. The molecule has 0 heterocycles. The molecule has 0 aliphatic carbocycles. The molecule has 0 bridgehead atoms. The van der Waals surface area contributed by atoms with E-state index in [1.807, 2.05) is 0 Å². The van der Waals surface area contributed by atoms with Crippen LogP contribution in [0.4, 0.5) is 22.0 Å². The van der Waals surface area contributed by atoms with Crippen molar-refractivity contribution in [3.8, 4) is 0 Å². The van der Waals surface area contributed by atoms with E-state index in [1.165, 1.54) is 0 Å². The summed E-state index contributed by atoms with van der Waals surface area (Å²) in [5, 5.41) is -5.62. The molecule has 104 valence electrons. The van der Waals surface area contributed by atoms with Gasteiger partial charge in [0, 0.05) is 10.7 Å². The highest BCUT2D eigenvalue weighted by atomic mass is 35.7. The fourth-order valence-corrected chi connectivity index (χ4v) is 1.86. The largest absolute Gasteiger partial charge is 0.424 e. The van der Waals surface area contributed by atoms with Gasteiger partial charge in [0.15, 0.2) is 6.17 Å². The summed E-state index contributed by atoms with van der Waals surface area (Å²) in [5.41, 5.74) is 0. The third-order valence-electron chi connectivity index (χ3n) is 2.15. The Morgan fingerprint density at radius 2 is 1.65 bits per heavy atom. The van der Waals surface area contributed by atoms with Gasteiger partial charge in [-0.3, -0.25) is 0 Å². The maximum absolute atomic E-state index is 13.0. The number of hydrogen-bond acceptors (Lipinski definition) is 2. The minimum atomic E-state index is -5.89. The van der Waals surface area contributed by atoms with Crippen LogP contribution >= 0.6 is 10.7 Å². The third-order valence-corrected chi connectivity index (χ3v) is 3.61. The molecular weight excluding hydrogens is 291 g/mol. The summed E-state index contributed by atoms with van der Waals surface area (Å²) in [7, 11) is -1.70. The SMILES string of the molecule is CCCCCC(F)C(F)(F)C(F)(F)S(=O)(=O)Cl. The van der Waals surface area contributed by atoms with Crippen LogP contribution < -0.4 is 0 Å². The fraction of sp³-hybridized carbons (Fsp3) is 1.00. The van der Waals surface area contributed by atoms with Crippen molar-refractivity contribution in [1.82, 2.24) is 0 Å². The summed E-state index contributed by atoms with van der Waals surface area (Å²) in [4.78, 5) is 0. The molecule has 0 saturated carbocycles. The number of alkyl halides is 5. The van der Waals surface area contributed by atoms with E-state index < -0.39 is 32.8 Å². The molecule has 0 radical (unpaired) electrons. The minimum Gasteiger partial charge on any atom is -0.241 e. The first-order valence-corrected chi connectivity index (χ1v) is 7.13. The summed E-state index contributed by atoms with van der Waals surface area (Å²) in [6.45, 7) is 1.71. The first-order valence-electron chi connectivity index (χ1n) is 4.82. The van der Waals surface area contributed by atoms with E-state index in [2.05, 4.69) is 10.7 Å². The lowest BCUT2D eigenvalue weighted by atomic mass is 10.1. The van der Waals surface area contributed by atoms with Crippen LogP contribution in [0.3, 0.4) is 0 Å². The monoisotopic (exact) mass is 302 g/mol. The number of unbranched alkanes of at least 4 members (excludes halogenated alkanes) is 2. The van der Waals surface area contributed by atoms with Crippen molar-refractivity contribution in [2.75, 3.05) is 0 Å². The van der Waals surface area contributed by atoms with Crippen LogP contribution in [0.15, 0.2) is 0 Å². The van der Waals surface area contributed by atoms with Crippen LogP contribution in [0.2, 0.25) is 0 Å². The summed E-state index contributed by atoms with van der Waals surface area (Å²) in [5.74, 6) is -5.33. The first-order chi connectivity index (χ1) is 7.48. The smallest absolute Gasteiger partial charge is 0.241 e. The Labute approximate surface area is 101 Å². The molecule has 0 aromatic heterocycles. The Kier molecular flexibility index (Phi) is 5.65. The molecule has 0 aliphatic rings. The molecule has 9 heteroatoms. The number of halogens is 6. The van der Waals surface area contributed by atoms with Gasteiger partial charge in [-0.25, -0.2) is 12.8 Å². The van der Waals surface area contributed by atoms with E-state index >= 15 is 0 Å². The Morgan fingerprint density at radius 3 is 2.00 bits per heavy atom. The van der Waals surface area contributed by atoms with Gasteiger partial charge in [-0.05, 0) is 6.42 Å². The van der Waals surface area contributed by atoms with Crippen LogP contribution in [0, 0.1) is 0 Å².